The normalized spacial score (nSPS) is 10.5. The fourth-order valence-electron chi connectivity index (χ4n) is 2.77. The standard InChI is InChI=1S/C24H30O6/c25-21(13-14-24(26)27)19-28-15-7-9-20-8-6-12-23(18-20)30-17-5-4-16-29-22-10-2-1-3-11-22/h1-3,6,8,10-12,18H,4-5,7,9,13-17,19H2,(H,26,27). The van der Waals surface area contributed by atoms with Crippen molar-refractivity contribution in [3.63, 3.8) is 0 Å². The van der Waals surface area contributed by atoms with Crippen LogP contribution in [0.4, 0.5) is 0 Å². The van der Waals surface area contributed by atoms with Crippen LogP contribution in [-0.2, 0) is 20.7 Å². The Hall–Kier alpha value is -2.86. The van der Waals surface area contributed by atoms with E-state index in [-0.39, 0.29) is 25.2 Å². The number of ether oxygens (including phenoxy) is 3. The number of carboxylic acids is 1. The molecule has 0 aliphatic carbocycles. The summed E-state index contributed by atoms with van der Waals surface area (Å²) >= 11 is 0. The maximum atomic E-state index is 11.5. The van der Waals surface area contributed by atoms with Gasteiger partial charge in [-0.1, -0.05) is 30.3 Å². The van der Waals surface area contributed by atoms with Crippen LogP contribution in [0.15, 0.2) is 54.6 Å². The van der Waals surface area contributed by atoms with E-state index in [0.717, 1.165) is 42.7 Å². The number of ketones is 1. The van der Waals surface area contributed by atoms with Crippen molar-refractivity contribution in [2.45, 2.75) is 38.5 Å². The first kappa shape index (κ1) is 23.4. The first-order valence-corrected chi connectivity index (χ1v) is 10.3. The second-order valence-corrected chi connectivity index (χ2v) is 6.95. The van der Waals surface area contributed by atoms with Crippen LogP contribution in [-0.4, -0.2) is 43.3 Å². The fraction of sp³-hybridized carbons (Fsp3) is 0.417. The molecule has 2 aromatic rings. The maximum Gasteiger partial charge on any atom is 0.303 e. The van der Waals surface area contributed by atoms with E-state index in [9.17, 15) is 9.59 Å². The Morgan fingerprint density at radius 3 is 2.20 bits per heavy atom. The van der Waals surface area contributed by atoms with Crippen molar-refractivity contribution in [1.82, 2.24) is 0 Å². The minimum atomic E-state index is -0.967. The number of carboxylic acid groups (broad SMARTS) is 1. The summed E-state index contributed by atoms with van der Waals surface area (Å²) in [5.74, 6) is 0.592. The Labute approximate surface area is 177 Å². The molecule has 2 rings (SSSR count). The molecule has 0 saturated heterocycles. The average molecular weight is 414 g/mol. The lowest BCUT2D eigenvalue weighted by molar-refractivity contribution is -0.139. The van der Waals surface area contributed by atoms with Crippen LogP contribution in [0.3, 0.4) is 0 Å². The number of Topliss-reactive ketones (excluding diaryl/α,β-unsaturated/α-hetero) is 1. The number of carbonyl (C=O) groups is 2. The number of aliphatic carboxylic acids is 1. The van der Waals surface area contributed by atoms with Gasteiger partial charge in [0, 0.05) is 13.0 Å². The highest BCUT2D eigenvalue weighted by molar-refractivity contribution is 5.83. The number of rotatable bonds is 16. The van der Waals surface area contributed by atoms with E-state index in [4.69, 9.17) is 19.3 Å². The largest absolute Gasteiger partial charge is 0.494 e. The Bertz CT molecular complexity index is 759. The molecule has 0 spiro atoms. The Morgan fingerprint density at radius 1 is 0.767 bits per heavy atom. The predicted octanol–water partition coefficient (Wildman–Crippen LogP) is 4.31. The van der Waals surface area contributed by atoms with Gasteiger partial charge in [-0.15, -0.1) is 0 Å². The molecule has 1 N–H and O–H groups in total. The van der Waals surface area contributed by atoms with E-state index in [1.807, 2.05) is 54.6 Å². The number of hydrogen-bond donors (Lipinski definition) is 1. The summed E-state index contributed by atoms with van der Waals surface area (Å²) in [4.78, 5) is 21.9. The Kier molecular flexibility index (Phi) is 11.1. The van der Waals surface area contributed by atoms with Crippen LogP contribution in [0.1, 0.15) is 37.7 Å². The summed E-state index contributed by atoms with van der Waals surface area (Å²) in [6, 6.07) is 17.8. The lowest BCUT2D eigenvalue weighted by Crippen LogP contribution is -2.11. The van der Waals surface area contributed by atoms with Crippen LogP contribution in [0.25, 0.3) is 0 Å². The van der Waals surface area contributed by atoms with Crippen LogP contribution < -0.4 is 9.47 Å². The van der Waals surface area contributed by atoms with Crippen molar-refractivity contribution in [2.24, 2.45) is 0 Å². The average Bonchev–Trinajstić information content (AvgIpc) is 2.75. The van der Waals surface area contributed by atoms with Crippen LogP contribution >= 0.6 is 0 Å². The lowest BCUT2D eigenvalue weighted by Gasteiger charge is -2.09. The van der Waals surface area contributed by atoms with Crippen LogP contribution in [0.5, 0.6) is 11.5 Å². The van der Waals surface area contributed by atoms with Gasteiger partial charge >= 0.3 is 5.97 Å². The molecular weight excluding hydrogens is 384 g/mol. The fourth-order valence-corrected chi connectivity index (χ4v) is 2.77. The van der Waals surface area contributed by atoms with Gasteiger partial charge in [-0.25, -0.2) is 0 Å². The third-order valence-electron chi connectivity index (χ3n) is 4.35. The van der Waals surface area contributed by atoms with Crippen LogP contribution in [0, 0.1) is 0 Å². The molecule has 6 heteroatoms. The summed E-state index contributed by atoms with van der Waals surface area (Å²) < 4.78 is 16.8. The molecule has 0 heterocycles. The van der Waals surface area contributed by atoms with E-state index in [1.54, 1.807) is 0 Å². The van der Waals surface area contributed by atoms with Gasteiger partial charge in [-0.2, -0.15) is 0 Å². The first-order valence-electron chi connectivity index (χ1n) is 10.3. The second-order valence-electron chi connectivity index (χ2n) is 6.95. The molecule has 30 heavy (non-hydrogen) atoms. The number of hydrogen-bond acceptors (Lipinski definition) is 5. The molecule has 0 amide bonds. The van der Waals surface area contributed by atoms with Crippen molar-refractivity contribution in [3.05, 3.63) is 60.2 Å². The molecule has 0 aliphatic heterocycles. The molecule has 6 nitrogen and oxygen atoms in total. The minimum absolute atomic E-state index is 0.0209. The smallest absolute Gasteiger partial charge is 0.303 e. The second kappa shape index (κ2) is 14.2. The molecule has 0 fully saturated rings. The van der Waals surface area contributed by atoms with Crippen molar-refractivity contribution >= 4 is 11.8 Å². The molecule has 0 atom stereocenters. The number of aryl methyl sites for hydroxylation is 1. The SMILES string of the molecule is O=C(O)CCC(=O)COCCCc1cccc(OCCCCOc2ccccc2)c1. The van der Waals surface area contributed by atoms with Gasteiger partial charge < -0.3 is 19.3 Å². The molecule has 162 valence electrons. The molecule has 0 unspecified atom stereocenters. The Morgan fingerprint density at radius 2 is 1.47 bits per heavy atom. The third kappa shape index (κ3) is 10.6. The van der Waals surface area contributed by atoms with Crippen molar-refractivity contribution in [1.29, 1.82) is 0 Å². The molecule has 0 saturated carbocycles. The quantitative estimate of drug-likeness (QED) is 0.412. The van der Waals surface area contributed by atoms with Gasteiger partial charge in [0.05, 0.1) is 19.6 Å². The van der Waals surface area contributed by atoms with E-state index in [2.05, 4.69) is 0 Å². The lowest BCUT2D eigenvalue weighted by atomic mass is 10.1. The van der Waals surface area contributed by atoms with E-state index >= 15 is 0 Å². The van der Waals surface area contributed by atoms with Crippen molar-refractivity contribution in [3.8, 4) is 11.5 Å². The molecular formula is C24H30O6. The Balaban J connectivity index is 1.53. The van der Waals surface area contributed by atoms with Gasteiger partial charge in [0.1, 0.15) is 18.1 Å². The highest BCUT2D eigenvalue weighted by Gasteiger charge is 2.05. The van der Waals surface area contributed by atoms with Gasteiger partial charge in [-0.05, 0) is 55.5 Å². The number of unbranched alkanes of at least 4 members (excludes halogenated alkanes) is 1. The first-order chi connectivity index (χ1) is 14.6. The summed E-state index contributed by atoms with van der Waals surface area (Å²) in [6.07, 6.45) is 3.33. The van der Waals surface area contributed by atoms with Gasteiger partial charge in [-0.3, -0.25) is 9.59 Å². The van der Waals surface area contributed by atoms with Gasteiger partial charge in [0.2, 0.25) is 0 Å². The molecule has 0 aliphatic rings. The zero-order valence-corrected chi connectivity index (χ0v) is 17.3. The summed E-state index contributed by atoms with van der Waals surface area (Å²) in [5.41, 5.74) is 1.15. The van der Waals surface area contributed by atoms with E-state index < -0.39 is 5.97 Å². The molecule has 0 radical (unpaired) electrons. The van der Waals surface area contributed by atoms with Gasteiger partial charge in [0.25, 0.3) is 0 Å². The number of para-hydroxylation sites is 1. The molecule has 0 aromatic heterocycles. The zero-order valence-electron chi connectivity index (χ0n) is 17.3. The molecule has 0 bridgehead atoms. The van der Waals surface area contributed by atoms with E-state index in [1.165, 1.54) is 0 Å². The van der Waals surface area contributed by atoms with Gasteiger partial charge in [0.15, 0.2) is 5.78 Å². The van der Waals surface area contributed by atoms with Crippen molar-refractivity contribution in [2.75, 3.05) is 26.4 Å². The highest BCUT2D eigenvalue weighted by atomic mass is 16.5. The number of carbonyl (C=O) groups excluding carboxylic acids is 1. The zero-order chi connectivity index (χ0) is 21.4. The monoisotopic (exact) mass is 414 g/mol. The van der Waals surface area contributed by atoms with E-state index in [0.29, 0.717) is 19.8 Å². The highest BCUT2D eigenvalue weighted by Crippen LogP contribution is 2.15. The summed E-state index contributed by atoms with van der Waals surface area (Å²) in [5, 5.41) is 8.55. The third-order valence-corrected chi connectivity index (χ3v) is 4.35. The predicted molar refractivity (Wildman–Crippen MR) is 114 cm³/mol. The maximum absolute atomic E-state index is 11.5. The van der Waals surface area contributed by atoms with Crippen LogP contribution in [0.2, 0.25) is 0 Å². The molecule has 2 aromatic carbocycles. The summed E-state index contributed by atoms with van der Waals surface area (Å²) in [7, 11) is 0. The summed E-state index contributed by atoms with van der Waals surface area (Å²) in [6.45, 7) is 1.76. The number of benzene rings is 2. The minimum Gasteiger partial charge on any atom is -0.494 e. The van der Waals surface area contributed by atoms with Crippen molar-refractivity contribution < 1.29 is 28.9 Å². The topological polar surface area (TPSA) is 82.1 Å².